The monoisotopic (exact) mass is 302 g/mol. The molecule has 118 valence electrons. The van der Waals surface area contributed by atoms with Crippen LogP contribution in [0, 0.1) is 0 Å². The molecule has 2 aliphatic rings. The lowest BCUT2D eigenvalue weighted by Crippen LogP contribution is -2.44. The van der Waals surface area contributed by atoms with Gasteiger partial charge in [-0.1, -0.05) is 6.07 Å². The molecule has 2 N–H and O–H groups in total. The molecule has 1 atom stereocenters. The minimum atomic E-state index is -0.0897. The first-order valence-electron chi connectivity index (χ1n) is 7.88. The van der Waals surface area contributed by atoms with Crippen LogP contribution in [0.1, 0.15) is 26.2 Å². The van der Waals surface area contributed by atoms with E-state index in [1.165, 1.54) is 6.42 Å². The smallest absolute Gasteiger partial charge is 0.322 e. The highest BCUT2D eigenvalue weighted by Crippen LogP contribution is 2.22. The second-order valence-electron chi connectivity index (χ2n) is 5.90. The Balaban J connectivity index is 1.70. The lowest BCUT2D eigenvalue weighted by Gasteiger charge is -2.33. The van der Waals surface area contributed by atoms with Gasteiger partial charge in [0, 0.05) is 37.1 Å². The first-order chi connectivity index (χ1) is 10.6. The van der Waals surface area contributed by atoms with Crippen molar-refractivity contribution in [3.8, 4) is 0 Å². The largest absolute Gasteiger partial charge is 0.336 e. The summed E-state index contributed by atoms with van der Waals surface area (Å²) in [4.78, 5) is 27.7. The maximum Gasteiger partial charge on any atom is 0.322 e. The molecule has 4 amide bonds. The lowest BCUT2D eigenvalue weighted by molar-refractivity contribution is 0.170. The predicted octanol–water partition coefficient (Wildman–Crippen LogP) is 2.62. The van der Waals surface area contributed by atoms with Crippen LogP contribution in [0.25, 0.3) is 0 Å². The van der Waals surface area contributed by atoms with E-state index in [4.69, 9.17) is 0 Å². The van der Waals surface area contributed by atoms with E-state index in [2.05, 4.69) is 17.6 Å². The number of likely N-dealkylation sites (tertiary alicyclic amines) is 1. The molecule has 2 heterocycles. The Labute approximate surface area is 130 Å². The van der Waals surface area contributed by atoms with Gasteiger partial charge in [0.2, 0.25) is 0 Å². The Morgan fingerprint density at radius 2 is 2.18 bits per heavy atom. The standard InChI is InChI=1S/C16H22N4O2/c1-12-5-2-3-9-19(12)16(22)18-13-6-4-7-14(11-13)20-10-8-17-15(20)21/h4,6-7,11-12H,2-3,5,8-10H2,1H3,(H,17,21)(H,18,22)/t12-/m0/s1. The molecule has 0 radical (unpaired) electrons. The fourth-order valence-electron chi connectivity index (χ4n) is 3.06. The Kier molecular flexibility index (Phi) is 4.18. The van der Waals surface area contributed by atoms with Crippen LogP contribution < -0.4 is 15.5 Å². The predicted molar refractivity (Wildman–Crippen MR) is 86.2 cm³/mol. The molecule has 22 heavy (non-hydrogen) atoms. The SMILES string of the molecule is C[C@H]1CCCCN1C(=O)Nc1cccc(N2CCNC2=O)c1. The van der Waals surface area contributed by atoms with Crippen molar-refractivity contribution in [2.24, 2.45) is 0 Å². The van der Waals surface area contributed by atoms with Crippen molar-refractivity contribution in [3.05, 3.63) is 24.3 Å². The van der Waals surface area contributed by atoms with Crippen molar-refractivity contribution >= 4 is 23.4 Å². The van der Waals surface area contributed by atoms with Crippen LogP contribution in [0.15, 0.2) is 24.3 Å². The average molecular weight is 302 g/mol. The van der Waals surface area contributed by atoms with Gasteiger partial charge in [0.05, 0.1) is 0 Å². The number of nitrogens with zero attached hydrogens (tertiary/aromatic N) is 2. The molecule has 6 heteroatoms. The highest BCUT2D eigenvalue weighted by atomic mass is 16.2. The highest BCUT2D eigenvalue weighted by Gasteiger charge is 2.24. The number of carbonyl (C=O) groups excluding carboxylic acids is 2. The zero-order chi connectivity index (χ0) is 15.5. The number of rotatable bonds is 2. The number of hydrogen-bond donors (Lipinski definition) is 2. The molecule has 1 aromatic rings. The Bertz CT molecular complexity index is 575. The van der Waals surface area contributed by atoms with Crippen molar-refractivity contribution in [1.29, 1.82) is 0 Å². The number of piperidine rings is 1. The first-order valence-corrected chi connectivity index (χ1v) is 7.88. The van der Waals surface area contributed by atoms with Gasteiger partial charge in [0.1, 0.15) is 0 Å². The van der Waals surface area contributed by atoms with E-state index < -0.39 is 0 Å². The molecule has 0 saturated carbocycles. The molecule has 2 fully saturated rings. The maximum absolute atomic E-state index is 12.4. The molecule has 0 unspecified atom stereocenters. The van der Waals surface area contributed by atoms with E-state index >= 15 is 0 Å². The highest BCUT2D eigenvalue weighted by molar-refractivity contribution is 5.95. The topological polar surface area (TPSA) is 64.7 Å². The lowest BCUT2D eigenvalue weighted by atomic mass is 10.0. The van der Waals surface area contributed by atoms with E-state index in [-0.39, 0.29) is 18.1 Å². The van der Waals surface area contributed by atoms with Crippen LogP contribution in [-0.4, -0.2) is 42.6 Å². The summed E-state index contributed by atoms with van der Waals surface area (Å²) >= 11 is 0. The number of benzene rings is 1. The Morgan fingerprint density at radius 1 is 1.32 bits per heavy atom. The molecule has 6 nitrogen and oxygen atoms in total. The number of hydrogen-bond acceptors (Lipinski definition) is 2. The third-order valence-corrected chi connectivity index (χ3v) is 4.33. The summed E-state index contributed by atoms with van der Waals surface area (Å²) in [5.74, 6) is 0. The van der Waals surface area contributed by atoms with E-state index in [1.54, 1.807) is 4.90 Å². The van der Waals surface area contributed by atoms with Gasteiger partial charge >= 0.3 is 12.1 Å². The van der Waals surface area contributed by atoms with Crippen LogP contribution in [0.4, 0.5) is 21.0 Å². The van der Waals surface area contributed by atoms with E-state index in [9.17, 15) is 9.59 Å². The fourth-order valence-corrected chi connectivity index (χ4v) is 3.06. The molecule has 0 aromatic heterocycles. The number of urea groups is 2. The first kappa shape index (κ1) is 14.7. The van der Waals surface area contributed by atoms with Gasteiger partial charge in [0.25, 0.3) is 0 Å². The number of carbonyl (C=O) groups is 2. The van der Waals surface area contributed by atoms with Crippen LogP contribution in [-0.2, 0) is 0 Å². The quantitative estimate of drug-likeness (QED) is 0.882. The maximum atomic E-state index is 12.4. The normalized spacial score (nSPS) is 21.7. The molecule has 3 rings (SSSR count). The summed E-state index contributed by atoms with van der Waals surface area (Å²) in [7, 11) is 0. The molecule has 0 spiro atoms. The van der Waals surface area contributed by atoms with Gasteiger partial charge in [-0.2, -0.15) is 0 Å². The Morgan fingerprint density at radius 3 is 2.91 bits per heavy atom. The minimum Gasteiger partial charge on any atom is -0.336 e. The second-order valence-corrected chi connectivity index (χ2v) is 5.90. The van der Waals surface area contributed by atoms with Gasteiger partial charge in [-0.3, -0.25) is 4.90 Å². The third-order valence-electron chi connectivity index (χ3n) is 4.33. The third kappa shape index (κ3) is 3.00. The number of amides is 4. The molecule has 2 saturated heterocycles. The van der Waals surface area contributed by atoms with Crippen molar-refractivity contribution in [2.45, 2.75) is 32.2 Å². The molecular formula is C16H22N4O2. The number of nitrogens with one attached hydrogen (secondary N) is 2. The van der Waals surface area contributed by atoms with Gasteiger partial charge in [-0.15, -0.1) is 0 Å². The number of anilines is 2. The average Bonchev–Trinajstić information content (AvgIpc) is 2.94. The van der Waals surface area contributed by atoms with Crippen LogP contribution in [0.3, 0.4) is 0 Å². The summed E-state index contributed by atoms with van der Waals surface area (Å²) < 4.78 is 0. The Hall–Kier alpha value is -2.24. The summed E-state index contributed by atoms with van der Waals surface area (Å²) in [6.07, 6.45) is 3.30. The molecule has 1 aromatic carbocycles. The van der Waals surface area contributed by atoms with E-state index in [0.717, 1.165) is 30.8 Å². The van der Waals surface area contributed by atoms with Crippen molar-refractivity contribution in [1.82, 2.24) is 10.2 Å². The van der Waals surface area contributed by atoms with Crippen molar-refractivity contribution in [3.63, 3.8) is 0 Å². The second kappa shape index (κ2) is 6.25. The van der Waals surface area contributed by atoms with Crippen LogP contribution >= 0.6 is 0 Å². The fraction of sp³-hybridized carbons (Fsp3) is 0.500. The summed E-state index contributed by atoms with van der Waals surface area (Å²) in [5, 5.41) is 5.73. The zero-order valence-electron chi connectivity index (χ0n) is 12.8. The van der Waals surface area contributed by atoms with Gasteiger partial charge in [0.15, 0.2) is 0 Å². The molecule has 0 bridgehead atoms. The van der Waals surface area contributed by atoms with E-state index in [1.807, 2.05) is 29.2 Å². The van der Waals surface area contributed by atoms with Crippen LogP contribution in [0.5, 0.6) is 0 Å². The summed E-state index contributed by atoms with van der Waals surface area (Å²) in [6.45, 7) is 4.20. The minimum absolute atomic E-state index is 0.0600. The molecule has 0 aliphatic carbocycles. The van der Waals surface area contributed by atoms with Crippen molar-refractivity contribution < 1.29 is 9.59 Å². The summed E-state index contributed by atoms with van der Waals surface area (Å²) in [6, 6.07) is 7.56. The van der Waals surface area contributed by atoms with Gasteiger partial charge in [-0.25, -0.2) is 9.59 Å². The van der Waals surface area contributed by atoms with Gasteiger partial charge < -0.3 is 15.5 Å². The summed E-state index contributed by atoms with van der Waals surface area (Å²) in [5.41, 5.74) is 1.53. The molecule has 2 aliphatic heterocycles. The van der Waals surface area contributed by atoms with E-state index in [0.29, 0.717) is 13.1 Å². The van der Waals surface area contributed by atoms with Crippen molar-refractivity contribution in [2.75, 3.05) is 29.9 Å². The van der Waals surface area contributed by atoms with Gasteiger partial charge in [-0.05, 0) is 44.4 Å². The zero-order valence-corrected chi connectivity index (χ0v) is 12.8. The molecular weight excluding hydrogens is 280 g/mol. The van der Waals surface area contributed by atoms with Crippen LogP contribution in [0.2, 0.25) is 0 Å².